The number of para-hydroxylation sites is 2. The maximum Gasteiger partial charge on any atom is 0.325 e. The smallest absolute Gasteiger partial charge is 0.325 e. The van der Waals surface area contributed by atoms with E-state index in [4.69, 9.17) is 20.8 Å². The number of carbonyl (C=O) groups is 3. The summed E-state index contributed by atoms with van der Waals surface area (Å²) in [6.07, 6.45) is 4.76. The maximum absolute atomic E-state index is 14.0. The highest BCUT2D eigenvalue weighted by molar-refractivity contribution is 6.04. The molecule has 0 unspecified atom stereocenters. The molecule has 0 bridgehead atoms. The van der Waals surface area contributed by atoms with Crippen LogP contribution >= 0.6 is 0 Å². The molecular formula is C37H44N11O3+. The number of primary amides is 1. The molecule has 6 aromatic rings. The number of hydrogen-bond acceptors (Lipinski definition) is 6. The maximum atomic E-state index is 14.0. The van der Waals surface area contributed by atoms with Crippen molar-refractivity contribution in [1.82, 2.24) is 33.6 Å². The van der Waals surface area contributed by atoms with E-state index in [-0.39, 0.29) is 11.8 Å². The molecule has 0 saturated carbocycles. The van der Waals surface area contributed by atoms with Gasteiger partial charge in [0.05, 0.1) is 40.5 Å². The Hall–Kier alpha value is -5.79. The number of nitrogens with zero attached hydrogens (tertiary/aromatic N) is 8. The van der Waals surface area contributed by atoms with Gasteiger partial charge in [-0.1, -0.05) is 12.1 Å². The van der Waals surface area contributed by atoms with E-state index in [1.54, 1.807) is 16.8 Å². The molecule has 14 heteroatoms. The van der Waals surface area contributed by atoms with Crippen LogP contribution in [0.5, 0.6) is 0 Å². The normalized spacial score (nSPS) is 15.0. The fraction of sp³-hybridized carbons (Fsp3) is 0.378. The quantitative estimate of drug-likeness (QED) is 0.224. The Morgan fingerprint density at radius 2 is 1.55 bits per heavy atom. The van der Waals surface area contributed by atoms with Crippen LogP contribution < -0.4 is 21.0 Å². The first-order valence-corrected chi connectivity index (χ1v) is 17.6. The highest BCUT2D eigenvalue weighted by Gasteiger charge is 2.28. The van der Waals surface area contributed by atoms with Gasteiger partial charge in [-0.2, -0.15) is 9.78 Å². The van der Waals surface area contributed by atoms with Crippen LogP contribution in [0.3, 0.4) is 0 Å². The minimum absolute atomic E-state index is 0.219. The number of nitrogens with two attached hydrogens (primary N) is 1. The summed E-state index contributed by atoms with van der Waals surface area (Å²) in [6, 6.07) is 14.9. The Labute approximate surface area is 295 Å². The van der Waals surface area contributed by atoms with Crippen LogP contribution in [0.2, 0.25) is 0 Å². The van der Waals surface area contributed by atoms with Gasteiger partial charge in [-0.25, -0.2) is 9.97 Å². The lowest BCUT2D eigenvalue weighted by molar-refractivity contribution is -0.775. The van der Waals surface area contributed by atoms with Gasteiger partial charge in [-0.3, -0.25) is 29.7 Å². The van der Waals surface area contributed by atoms with Crippen LogP contribution in [0.1, 0.15) is 87.3 Å². The molecule has 51 heavy (non-hydrogen) atoms. The second-order valence-electron chi connectivity index (χ2n) is 13.2. The predicted octanol–water partition coefficient (Wildman–Crippen LogP) is 4.66. The van der Waals surface area contributed by atoms with Gasteiger partial charge in [-0.05, 0) is 83.2 Å². The third-order valence-corrected chi connectivity index (χ3v) is 9.94. The molecule has 0 spiro atoms. The van der Waals surface area contributed by atoms with Crippen molar-refractivity contribution < 1.29 is 19.1 Å². The molecule has 1 aliphatic rings. The molecule has 4 N–H and O–H groups in total. The molecule has 3 amide bonds. The van der Waals surface area contributed by atoms with Crippen molar-refractivity contribution in [3.8, 4) is 0 Å². The molecule has 1 aliphatic heterocycles. The van der Waals surface area contributed by atoms with Crippen molar-refractivity contribution in [1.29, 1.82) is 0 Å². The molecule has 0 atom stereocenters. The van der Waals surface area contributed by atoms with E-state index < -0.39 is 5.91 Å². The Morgan fingerprint density at radius 3 is 2.27 bits per heavy atom. The lowest BCUT2D eigenvalue weighted by Gasteiger charge is -2.13. The number of imidazole rings is 2. The summed E-state index contributed by atoms with van der Waals surface area (Å²) in [4.78, 5) is 49.6. The molecule has 0 radical (unpaired) electrons. The molecule has 264 valence electrons. The Kier molecular flexibility index (Phi) is 9.15. The first-order chi connectivity index (χ1) is 24.6. The Morgan fingerprint density at radius 1 is 0.863 bits per heavy atom. The van der Waals surface area contributed by atoms with Crippen molar-refractivity contribution in [2.45, 2.75) is 85.5 Å². The first-order valence-electron chi connectivity index (χ1n) is 17.6. The van der Waals surface area contributed by atoms with Gasteiger partial charge >= 0.3 is 5.91 Å². The monoisotopic (exact) mass is 690 g/mol. The van der Waals surface area contributed by atoms with Gasteiger partial charge in [0.2, 0.25) is 17.8 Å². The summed E-state index contributed by atoms with van der Waals surface area (Å²) in [5.41, 5.74) is 12.9. The average molecular weight is 691 g/mol. The fourth-order valence-electron chi connectivity index (χ4n) is 7.18. The molecule has 0 saturated heterocycles. The molecular weight excluding hydrogens is 646 g/mol. The van der Waals surface area contributed by atoms with Gasteiger partial charge in [0.1, 0.15) is 5.69 Å². The van der Waals surface area contributed by atoms with Crippen molar-refractivity contribution in [2.24, 2.45) is 12.8 Å². The third kappa shape index (κ3) is 6.37. The first kappa shape index (κ1) is 33.7. The number of aromatic nitrogens is 8. The number of anilines is 2. The fourth-order valence-corrected chi connectivity index (χ4v) is 7.18. The summed E-state index contributed by atoms with van der Waals surface area (Å²) >= 11 is 0. The van der Waals surface area contributed by atoms with Crippen LogP contribution in [0.4, 0.5) is 11.9 Å². The zero-order chi connectivity index (χ0) is 35.8. The number of rotatable bonds is 2. The van der Waals surface area contributed by atoms with Gasteiger partial charge in [0.15, 0.2) is 6.54 Å². The van der Waals surface area contributed by atoms with Crippen LogP contribution in [0.15, 0.2) is 48.5 Å². The van der Waals surface area contributed by atoms with Crippen LogP contribution in [0.25, 0.3) is 22.1 Å². The van der Waals surface area contributed by atoms with E-state index in [2.05, 4.69) is 15.2 Å². The molecule has 5 heterocycles. The highest BCUT2D eigenvalue weighted by Crippen LogP contribution is 2.26. The zero-order valence-electron chi connectivity index (χ0n) is 29.6. The molecule has 0 aliphatic carbocycles. The number of amides is 3. The number of fused-ring (bicyclic) bond motifs is 8. The molecule has 4 aromatic heterocycles. The summed E-state index contributed by atoms with van der Waals surface area (Å²) < 4.78 is 9.81. The molecule has 0 fully saturated rings. The van der Waals surface area contributed by atoms with E-state index in [0.29, 0.717) is 67.0 Å². The standard InChI is InChI=1S/C37H43N11O3/c1-5-47-32-26(24(3)43-47)13-7-6-10-20-48-31(21-23(2)44(48)4)34(50)41-37-40-28-22-25(33(38)49)16-17-30(28)46(37)19-12-11-18-45-29-15-9-8-14-27(29)39-36(45)42-35(32)51/h8-9,14-17,21-22H,5-7,10-13,18-20H2,1-4H3,(H3-,38,39,40,41,42,49,50,51)/p+1. The minimum atomic E-state index is -0.543. The van der Waals surface area contributed by atoms with E-state index in [9.17, 15) is 14.4 Å². The lowest BCUT2D eigenvalue weighted by atomic mass is 10.0. The van der Waals surface area contributed by atoms with Crippen molar-refractivity contribution in [2.75, 3.05) is 10.6 Å². The number of aryl methyl sites for hydroxylation is 5. The second kappa shape index (κ2) is 13.8. The summed E-state index contributed by atoms with van der Waals surface area (Å²) in [5.74, 6) is -0.135. The summed E-state index contributed by atoms with van der Waals surface area (Å²) in [7, 11) is 1.95. The van der Waals surface area contributed by atoms with Crippen molar-refractivity contribution >= 4 is 51.7 Å². The van der Waals surface area contributed by atoms with Crippen molar-refractivity contribution in [3.05, 3.63) is 82.4 Å². The van der Waals surface area contributed by atoms with Gasteiger partial charge in [0, 0.05) is 43.2 Å². The predicted molar refractivity (Wildman–Crippen MR) is 194 cm³/mol. The summed E-state index contributed by atoms with van der Waals surface area (Å²) in [6.45, 7) is 8.29. The van der Waals surface area contributed by atoms with Crippen LogP contribution in [0, 0.1) is 13.8 Å². The minimum Gasteiger partial charge on any atom is -0.366 e. The van der Waals surface area contributed by atoms with E-state index in [1.165, 1.54) is 0 Å². The SMILES string of the molecule is CCn1nc(C)c2c1C(=O)Nc1nc3ccccc3n1CCCCn1c(nc3cc(C(N)=O)ccc31)NC(=O)c1cc(C)n(C)[n+]1CCCCC2. The zero-order valence-corrected chi connectivity index (χ0v) is 29.6. The molecule has 14 nitrogen and oxygen atoms in total. The largest absolute Gasteiger partial charge is 0.366 e. The van der Waals surface area contributed by atoms with E-state index in [0.717, 1.165) is 65.6 Å². The Bertz CT molecular complexity index is 2310. The van der Waals surface area contributed by atoms with Gasteiger partial charge < -0.3 is 14.9 Å². The summed E-state index contributed by atoms with van der Waals surface area (Å²) in [5, 5.41) is 10.9. The molecule has 2 aromatic carbocycles. The van der Waals surface area contributed by atoms with E-state index in [1.807, 2.05) is 78.1 Å². The number of carbonyl (C=O) groups excluding carboxylic acids is 3. The van der Waals surface area contributed by atoms with Gasteiger partial charge in [0.25, 0.3) is 11.6 Å². The number of benzene rings is 2. The van der Waals surface area contributed by atoms with Crippen LogP contribution in [-0.4, -0.2) is 51.3 Å². The average Bonchev–Trinajstić information content (AvgIpc) is 3.82. The molecule has 7 rings (SSSR count). The van der Waals surface area contributed by atoms with Gasteiger partial charge in [-0.15, -0.1) is 4.68 Å². The second-order valence-corrected chi connectivity index (χ2v) is 13.2. The van der Waals surface area contributed by atoms with Crippen molar-refractivity contribution in [3.63, 3.8) is 0 Å². The topological polar surface area (TPSA) is 164 Å². The third-order valence-electron chi connectivity index (χ3n) is 9.94. The Balaban J connectivity index is 1.27. The lowest BCUT2D eigenvalue weighted by Crippen LogP contribution is -2.47. The highest BCUT2D eigenvalue weighted by atomic mass is 16.2. The van der Waals surface area contributed by atoms with Crippen LogP contribution in [-0.2, 0) is 39.6 Å². The number of nitrogens with one attached hydrogen (secondary N) is 2. The number of hydrogen-bond donors (Lipinski definition) is 3. The van der Waals surface area contributed by atoms with E-state index >= 15 is 0 Å².